The van der Waals surface area contributed by atoms with Crippen molar-refractivity contribution in [1.29, 1.82) is 0 Å². The van der Waals surface area contributed by atoms with Crippen LogP contribution in [0.2, 0.25) is 0 Å². The summed E-state index contributed by atoms with van der Waals surface area (Å²) in [6, 6.07) is 12.3. The molecule has 0 fully saturated rings. The number of rotatable bonds is 5. The summed E-state index contributed by atoms with van der Waals surface area (Å²) in [5.41, 5.74) is 2.34. The van der Waals surface area contributed by atoms with E-state index < -0.39 is 11.8 Å². The molecule has 2 N–H and O–H groups in total. The Kier molecular flexibility index (Phi) is 4.35. The first kappa shape index (κ1) is 14.1. The van der Waals surface area contributed by atoms with Crippen molar-refractivity contribution in [2.45, 2.75) is 13.3 Å². The van der Waals surface area contributed by atoms with Gasteiger partial charge in [0.25, 0.3) is 0 Å². The van der Waals surface area contributed by atoms with Crippen LogP contribution in [0.4, 0.5) is 10.1 Å². The predicted molar refractivity (Wildman–Crippen MR) is 76.7 cm³/mol. The van der Waals surface area contributed by atoms with E-state index in [9.17, 15) is 9.18 Å². The molecule has 0 aliphatic carbocycles. The molecule has 2 rings (SSSR count). The number of hydrogen-bond acceptors (Lipinski definition) is 2. The van der Waals surface area contributed by atoms with Gasteiger partial charge in [-0.2, -0.15) is 0 Å². The molecule has 2 aromatic rings. The van der Waals surface area contributed by atoms with Crippen molar-refractivity contribution in [2.75, 3.05) is 11.9 Å². The topological polar surface area (TPSA) is 49.3 Å². The van der Waals surface area contributed by atoms with Gasteiger partial charge in [0.05, 0.1) is 5.69 Å². The van der Waals surface area contributed by atoms with Crippen LogP contribution in [0.25, 0.3) is 0 Å². The molecular formula is C16H16FNO2. The molecule has 0 aliphatic heterocycles. The number of aryl methyl sites for hydroxylation is 1. The number of anilines is 1. The van der Waals surface area contributed by atoms with E-state index in [0.717, 1.165) is 18.1 Å². The van der Waals surface area contributed by atoms with Crippen molar-refractivity contribution in [3.05, 3.63) is 65.0 Å². The number of halogens is 1. The van der Waals surface area contributed by atoms with Crippen molar-refractivity contribution < 1.29 is 14.3 Å². The van der Waals surface area contributed by atoms with Crippen LogP contribution in [0.5, 0.6) is 0 Å². The molecule has 0 radical (unpaired) electrons. The predicted octanol–water partition coefficient (Wildman–Crippen LogP) is 3.49. The van der Waals surface area contributed by atoms with Crippen LogP contribution < -0.4 is 5.32 Å². The van der Waals surface area contributed by atoms with Crippen molar-refractivity contribution in [3.63, 3.8) is 0 Å². The average molecular weight is 273 g/mol. The van der Waals surface area contributed by atoms with Gasteiger partial charge in [0.15, 0.2) is 0 Å². The Morgan fingerprint density at radius 2 is 2.00 bits per heavy atom. The van der Waals surface area contributed by atoms with Gasteiger partial charge in [-0.3, -0.25) is 0 Å². The van der Waals surface area contributed by atoms with Gasteiger partial charge in [0, 0.05) is 6.54 Å². The molecule has 0 unspecified atom stereocenters. The lowest BCUT2D eigenvalue weighted by atomic mass is 10.1. The molecule has 104 valence electrons. The summed E-state index contributed by atoms with van der Waals surface area (Å²) in [4.78, 5) is 11.0. The van der Waals surface area contributed by atoms with Crippen LogP contribution in [0.1, 0.15) is 21.5 Å². The zero-order chi connectivity index (χ0) is 14.5. The normalized spacial score (nSPS) is 10.3. The maximum Gasteiger partial charge on any atom is 0.340 e. The first-order valence-corrected chi connectivity index (χ1v) is 6.39. The average Bonchev–Trinajstić information content (AvgIpc) is 2.38. The zero-order valence-corrected chi connectivity index (χ0v) is 11.2. The maximum absolute atomic E-state index is 13.5. The molecular weight excluding hydrogens is 257 g/mol. The summed E-state index contributed by atoms with van der Waals surface area (Å²) in [7, 11) is 0. The van der Waals surface area contributed by atoms with Crippen LogP contribution >= 0.6 is 0 Å². The quantitative estimate of drug-likeness (QED) is 0.876. The molecule has 0 saturated heterocycles. The first-order valence-electron chi connectivity index (χ1n) is 6.39. The van der Waals surface area contributed by atoms with Crippen molar-refractivity contribution in [1.82, 2.24) is 0 Å². The highest BCUT2D eigenvalue weighted by molar-refractivity contribution is 5.94. The van der Waals surface area contributed by atoms with E-state index in [0.29, 0.717) is 12.2 Å². The summed E-state index contributed by atoms with van der Waals surface area (Å²) in [5, 5.41) is 12.0. The minimum atomic E-state index is -1.26. The van der Waals surface area contributed by atoms with E-state index in [1.54, 1.807) is 6.07 Å². The zero-order valence-electron chi connectivity index (χ0n) is 11.2. The van der Waals surface area contributed by atoms with Crippen molar-refractivity contribution >= 4 is 11.7 Å². The monoisotopic (exact) mass is 273 g/mol. The Balaban J connectivity index is 2.05. The molecule has 4 heteroatoms. The third-order valence-corrected chi connectivity index (χ3v) is 3.04. The smallest absolute Gasteiger partial charge is 0.340 e. The number of hydrogen-bond donors (Lipinski definition) is 2. The molecule has 20 heavy (non-hydrogen) atoms. The molecule has 3 nitrogen and oxygen atoms in total. The Labute approximate surface area is 117 Å². The minimum Gasteiger partial charge on any atom is -0.478 e. The Morgan fingerprint density at radius 1 is 1.25 bits per heavy atom. The van der Waals surface area contributed by atoms with Gasteiger partial charge in [-0.15, -0.1) is 0 Å². The number of carboxylic acid groups (broad SMARTS) is 1. The lowest BCUT2D eigenvalue weighted by Gasteiger charge is -2.10. The van der Waals surface area contributed by atoms with Gasteiger partial charge >= 0.3 is 5.97 Å². The molecule has 0 aromatic heterocycles. The molecule has 0 atom stereocenters. The summed E-state index contributed by atoms with van der Waals surface area (Å²) >= 11 is 0. The van der Waals surface area contributed by atoms with Crippen LogP contribution in [0.15, 0.2) is 42.5 Å². The third-order valence-electron chi connectivity index (χ3n) is 3.04. The number of carboxylic acids is 1. The second-order valence-corrected chi connectivity index (χ2v) is 4.63. The fourth-order valence-corrected chi connectivity index (χ4v) is 2.10. The van der Waals surface area contributed by atoms with Gasteiger partial charge in [-0.1, -0.05) is 35.9 Å². The molecule has 0 aliphatic rings. The standard InChI is InChI=1S/C16H16FNO2/c1-11-4-2-5-12(10-11)8-9-18-14-7-3-6-13(17)15(14)16(19)20/h2-7,10,18H,8-9H2,1H3,(H,19,20). The highest BCUT2D eigenvalue weighted by atomic mass is 19.1. The molecule has 2 aromatic carbocycles. The second-order valence-electron chi connectivity index (χ2n) is 4.63. The van der Waals surface area contributed by atoms with Crippen LogP contribution in [0, 0.1) is 12.7 Å². The van der Waals surface area contributed by atoms with Crippen LogP contribution in [0.3, 0.4) is 0 Å². The van der Waals surface area contributed by atoms with E-state index in [1.807, 2.05) is 25.1 Å². The van der Waals surface area contributed by atoms with Gasteiger partial charge < -0.3 is 10.4 Å². The Morgan fingerprint density at radius 3 is 2.70 bits per heavy atom. The van der Waals surface area contributed by atoms with Gasteiger partial charge in [0.2, 0.25) is 0 Å². The van der Waals surface area contributed by atoms with Crippen LogP contribution in [-0.4, -0.2) is 17.6 Å². The van der Waals surface area contributed by atoms with E-state index >= 15 is 0 Å². The Bertz CT molecular complexity index is 626. The van der Waals surface area contributed by atoms with E-state index in [4.69, 9.17) is 5.11 Å². The largest absolute Gasteiger partial charge is 0.478 e. The van der Waals surface area contributed by atoms with Crippen LogP contribution in [-0.2, 0) is 6.42 Å². The first-order chi connectivity index (χ1) is 9.58. The molecule has 0 amide bonds. The maximum atomic E-state index is 13.5. The molecule has 0 bridgehead atoms. The number of benzene rings is 2. The van der Waals surface area contributed by atoms with Crippen molar-refractivity contribution in [3.8, 4) is 0 Å². The number of aromatic carboxylic acids is 1. The van der Waals surface area contributed by atoms with Gasteiger partial charge in [-0.25, -0.2) is 9.18 Å². The third kappa shape index (κ3) is 3.35. The SMILES string of the molecule is Cc1cccc(CCNc2cccc(F)c2C(=O)O)c1. The highest BCUT2D eigenvalue weighted by Crippen LogP contribution is 2.19. The lowest BCUT2D eigenvalue weighted by Crippen LogP contribution is -2.11. The molecule has 0 heterocycles. The Hall–Kier alpha value is -2.36. The highest BCUT2D eigenvalue weighted by Gasteiger charge is 2.14. The van der Waals surface area contributed by atoms with Crippen molar-refractivity contribution in [2.24, 2.45) is 0 Å². The summed E-state index contributed by atoms with van der Waals surface area (Å²) in [6.45, 7) is 2.57. The number of carbonyl (C=O) groups is 1. The summed E-state index contributed by atoms with van der Waals surface area (Å²) in [6.07, 6.45) is 0.747. The van der Waals surface area contributed by atoms with E-state index in [1.165, 1.54) is 11.6 Å². The second kappa shape index (κ2) is 6.19. The minimum absolute atomic E-state index is 0.309. The van der Waals surface area contributed by atoms with Gasteiger partial charge in [-0.05, 0) is 31.0 Å². The fourth-order valence-electron chi connectivity index (χ4n) is 2.10. The lowest BCUT2D eigenvalue weighted by molar-refractivity contribution is 0.0693. The fraction of sp³-hybridized carbons (Fsp3) is 0.188. The van der Waals surface area contributed by atoms with E-state index in [-0.39, 0.29) is 5.56 Å². The molecule has 0 spiro atoms. The summed E-state index contributed by atoms with van der Waals surface area (Å²) < 4.78 is 13.5. The molecule has 0 saturated carbocycles. The van der Waals surface area contributed by atoms with E-state index in [2.05, 4.69) is 11.4 Å². The number of nitrogens with one attached hydrogen (secondary N) is 1. The summed E-state index contributed by atoms with van der Waals surface area (Å²) in [5.74, 6) is -1.99. The van der Waals surface area contributed by atoms with Gasteiger partial charge in [0.1, 0.15) is 11.4 Å².